The van der Waals surface area contributed by atoms with Crippen molar-refractivity contribution in [3.63, 3.8) is 0 Å². The molecule has 0 heterocycles. The number of anilines is 1. The number of aryl methyl sites for hydroxylation is 2. The standard InChI is InChI=1S/C25H25ClN2O5S.C12H16/c1-17-16-21(26)9-12-23(17)19-7-10-22(11-8-19)28-24(29)13-4-18-2-5-20(6-3-18)25(30)27-14-15-34(31,32)33;1-12(2,3)10-9-11-7-5-4-6-8-11/h2-3,5-12,16H,4,13-15H2,1H3,(H,27,30)(H,28,29)(H,31,32,33);4-10H,1-3H3/b;10-9+. The van der Waals surface area contributed by atoms with E-state index in [0.717, 1.165) is 22.3 Å². The van der Waals surface area contributed by atoms with Crippen LogP contribution in [0.15, 0.2) is 103 Å². The Hall–Kier alpha value is -4.24. The Bertz CT molecular complexity index is 1730. The van der Waals surface area contributed by atoms with E-state index < -0.39 is 21.8 Å². The highest BCUT2D eigenvalue weighted by Crippen LogP contribution is 2.27. The van der Waals surface area contributed by atoms with Crippen molar-refractivity contribution in [2.75, 3.05) is 17.6 Å². The van der Waals surface area contributed by atoms with E-state index in [4.69, 9.17) is 16.2 Å². The van der Waals surface area contributed by atoms with Crippen LogP contribution in [0.4, 0.5) is 5.69 Å². The van der Waals surface area contributed by atoms with Crippen LogP contribution in [-0.2, 0) is 21.3 Å². The zero-order valence-electron chi connectivity index (χ0n) is 26.6. The Labute approximate surface area is 277 Å². The summed E-state index contributed by atoms with van der Waals surface area (Å²) in [6.45, 7) is 8.42. The van der Waals surface area contributed by atoms with Gasteiger partial charge in [0.1, 0.15) is 0 Å². The van der Waals surface area contributed by atoms with Gasteiger partial charge in [0.25, 0.3) is 16.0 Å². The van der Waals surface area contributed by atoms with Gasteiger partial charge in [0.2, 0.25) is 5.91 Å². The zero-order valence-corrected chi connectivity index (χ0v) is 28.2. The first-order valence-corrected chi connectivity index (χ1v) is 16.9. The number of carbonyl (C=O) groups is 2. The molecular formula is C37H41ClN2O5S. The highest BCUT2D eigenvalue weighted by molar-refractivity contribution is 7.85. The van der Waals surface area contributed by atoms with Crippen LogP contribution in [0.5, 0.6) is 0 Å². The van der Waals surface area contributed by atoms with E-state index in [0.29, 0.717) is 22.7 Å². The van der Waals surface area contributed by atoms with Crippen molar-refractivity contribution in [2.24, 2.45) is 5.41 Å². The Balaban J connectivity index is 0.000000402. The van der Waals surface area contributed by atoms with Gasteiger partial charge in [-0.3, -0.25) is 14.1 Å². The molecule has 9 heteroatoms. The maximum absolute atomic E-state index is 12.3. The first-order chi connectivity index (χ1) is 21.7. The topological polar surface area (TPSA) is 113 Å². The number of hydrogen-bond donors (Lipinski definition) is 3. The third-order valence-corrected chi connectivity index (χ3v) is 7.70. The normalized spacial score (nSPS) is 11.4. The van der Waals surface area contributed by atoms with Crippen LogP contribution in [0.25, 0.3) is 17.2 Å². The number of benzene rings is 4. The fourth-order valence-electron chi connectivity index (χ4n) is 4.29. The van der Waals surface area contributed by atoms with Gasteiger partial charge in [-0.25, -0.2) is 0 Å². The maximum Gasteiger partial charge on any atom is 0.266 e. The minimum Gasteiger partial charge on any atom is -0.351 e. The second-order valence-electron chi connectivity index (χ2n) is 11.9. The molecule has 3 N–H and O–H groups in total. The van der Waals surface area contributed by atoms with E-state index in [2.05, 4.69) is 67.8 Å². The molecule has 0 aliphatic carbocycles. The van der Waals surface area contributed by atoms with Gasteiger partial charge < -0.3 is 10.6 Å². The summed E-state index contributed by atoms with van der Waals surface area (Å²) < 4.78 is 30.1. The summed E-state index contributed by atoms with van der Waals surface area (Å²) in [5, 5.41) is 6.00. The molecule has 242 valence electrons. The van der Waals surface area contributed by atoms with Crippen molar-refractivity contribution >= 4 is 45.3 Å². The minimum absolute atomic E-state index is 0.123. The molecule has 0 bridgehead atoms. The maximum atomic E-state index is 12.3. The fourth-order valence-corrected chi connectivity index (χ4v) is 4.88. The van der Waals surface area contributed by atoms with Gasteiger partial charge in [-0.15, -0.1) is 0 Å². The molecular weight excluding hydrogens is 620 g/mol. The molecule has 0 fully saturated rings. The number of nitrogens with one attached hydrogen (secondary N) is 2. The summed E-state index contributed by atoms with van der Waals surface area (Å²) in [6, 6.07) is 30.4. The average Bonchev–Trinajstić information content (AvgIpc) is 3.00. The summed E-state index contributed by atoms with van der Waals surface area (Å²) in [6.07, 6.45) is 5.17. The zero-order chi connectivity index (χ0) is 33.7. The van der Waals surface area contributed by atoms with Gasteiger partial charge >= 0.3 is 0 Å². The predicted octanol–water partition coefficient (Wildman–Crippen LogP) is 8.25. The van der Waals surface area contributed by atoms with Gasteiger partial charge in [0.15, 0.2) is 0 Å². The number of allylic oxidation sites excluding steroid dienone is 1. The monoisotopic (exact) mass is 660 g/mol. The second kappa shape index (κ2) is 16.9. The molecule has 4 aromatic carbocycles. The number of carbonyl (C=O) groups excluding carboxylic acids is 2. The minimum atomic E-state index is -4.12. The van der Waals surface area contributed by atoms with Crippen molar-refractivity contribution in [1.82, 2.24) is 5.32 Å². The average molecular weight is 661 g/mol. The predicted molar refractivity (Wildman–Crippen MR) is 189 cm³/mol. The lowest BCUT2D eigenvalue weighted by molar-refractivity contribution is -0.116. The summed E-state index contributed by atoms with van der Waals surface area (Å²) in [4.78, 5) is 24.3. The van der Waals surface area contributed by atoms with Gasteiger partial charge in [-0.1, -0.05) is 105 Å². The number of amides is 2. The molecule has 0 atom stereocenters. The summed E-state index contributed by atoms with van der Waals surface area (Å²) in [7, 11) is -4.12. The van der Waals surface area contributed by atoms with Crippen molar-refractivity contribution in [3.05, 3.63) is 130 Å². The van der Waals surface area contributed by atoms with E-state index in [1.807, 2.05) is 55.5 Å². The van der Waals surface area contributed by atoms with E-state index >= 15 is 0 Å². The molecule has 0 radical (unpaired) electrons. The van der Waals surface area contributed by atoms with E-state index in [1.165, 1.54) is 5.56 Å². The fraction of sp³-hybridized carbons (Fsp3) is 0.243. The summed E-state index contributed by atoms with van der Waals surface area (Å²) >= 11 is 6.02. The molecule has 0 aromatic heterocycles. The van der Waals surface area contributed by atoms with Crippen LogP contribution >= 0.6 is 11.6 Å². The highest BCUT2D eigenvalue weighted by Gasteiger charge is 2.10. The van der Waals surface area contributed by atoms with Crippen LogP contribution in [0.1, 0.15) is 54.2 Å². The van der Waals surface area contributed by atoms with Crippen molar-refractivity contribution in [2.45, 2.75) is 40.5 Å². The lowest BCUT2D eigenvalue weighted by Crippen LogP contribution is -2.28. The smallest absolute Gasteiger partial charge is 0.266 e. The first kappa shape index (κ1) is 36.2. The summed E-state index contributed by atoms with van der Waals surface area (Å²) in [5.41, 5.74) is 6.69. The molecule has 0 aliphatic rings. The molecule has 0 saturated heterocycles. The Morgan fingerprint density at radius 3 is 2.13 bits per heavy atom. The number of hydrogen-bond acceptors (Lipinski definition) is 4. The van der Waals surface area contributed by atoms with E-state index in [9.17, 15) is 18.0 Å². The van der Waals surface area contributed by atoms with Gasteiger partial charge in [-0.2, -0.15) is 8.42 Å². The van der Waals surface area contributed by atoms with Crippen LogP contribution in [0.3, 0.4) is 0 Å². The van der Waals surface area contributed by atoms with E-state index in [-0.39, 0.29) is 24.3 Å². The second-order valence-corrected chi connectivity index (χ2v) is 13.9. The Morgan fingerprint density at radius 2 is 1.54 bits per heavy atom. The molecule has 7 nitrogen and oxygen atoms in total. The Kier molecular flexibility index (Phi) is 13.3. The molecule has 0 aliphatic heterocycles. The molecule has 0 saturated carbocycles. The lowest BCUT2D eigenvalue weighted by Gasteiger charge is -2.10. The third kappa shape index (κ3) is 13.4. The lowest BCUT2D eigenvalue weighted by atomic mass is 9.95. The van der Waals surface area contributed by atoms with Crippen LogP contribution < -0.4 is 10.6 Å². The number of rotatable bonds is 10. The summed E-state index contributed by atoms with van der Waals surface area (Å²) in [5.74, 6) is -1.11. The highest BCUT2D eigenvalue weighted by atomic mass is 35.5. The SMILES string of the molecule is CC(C)(C)/C=C/c1ccccc1.Cc1cc(Cl)ccc1-c1ccc(NC(=O)CCc2ccc(C(=O)NCCS(=O)(=O)O)cc2)cc1. The molecule has 4 aromatic rings. The third-order valence-electron chi connectivity index (χ3n) is 6.75. The van der Waals surface area contributed by atoms with Crippen LogP contribution in [0.2, 0.25) is 5.02 Å². The van der Waals surface area contributed by atoms with Crippen molar-refractivity contribution < 1.29 is 22.6 Å². The van der Waals surface area contributed by atoms with Crippen LogP contribution in [-0.4, -0.2) is 37.1 Å². The molecule has 4 rings (SSSR count). The Morgan fingerprint density at radius 1 is 0.891 bits per heavy atom. The molecule has 0 spiro atoms. The van der Waals surface area contributed by atoms with E-state index in [1.54, 1.807) is 24.3 Å². The van der Waals surface area contributed by atoms with Crippen molar-refractivity contribution in [3.8, 4) is 11.1 Å². The van der Waals surface area contributed by atoms with Crippen LogP contribution in [0, 0.1) is 12.3 Å². The van der Waals surface area contributed by atoms with Gasteiger partial charge in [0.05, 0.1) is 5.75 Å². The molecule has 0 unspecified atom stereocenters. The quantitative estimate of drug-likeness (QED) is 0.148. The number of halogens is 1. The van der Waals surface area contributed by atoms with Gasteiger partial charge in [0, 0.05) is 29.2 Å². The molecule has 46 heavy (non-hydrogen) atoms. The van der Waals surface area contributed by atoms with Gasteiger partial charge in [-0.05, 0) is 83.0 Å². The molecule has 2 amide bonds. The first-order valence-electron chi connectivity index (χ1n) is 14.9. The van der Waals surface area contributed by atoms with Crippen molar-refractivity contribution in [1.29, 1.82) is 0 Å². The largest absolute Gasteiger partial charge is 0.351 e.